The van der Waals surface area contributed by atoms with Gasteiger partial charge in [-0.25, -0.2) is 9.97 Å². The van der Waals surface area contributed by atoms with Crippen molar-refractivity contribution >= 4 is 39.4 Å². The van der Waals surface area contributed by atoms with Gasteiger partial charge in [0.1, 0.15) is 26.4 Å². The first-order chi connectivity index (χ1) is 30.2. The zero-order chi connectivity index (χ0) is 44.3. The predicted octanol–water partition coefficient (Wildman–Crippen LogP) is 6.48. The quantitative estimate of drug-likeness (QED) is 0.189. The summed E-state index contributed by atoms with van der Waals surface area (Å²) < 4.78 is 25.9. The standard InChI is InChI=1S/C25H27N3O3.C24H23N3O5/c1-6-25(3)19-10-21-22-15(11-28(21)23(29)18(19)13-31-24(25)30)9-16-17(12-27(4)5)14(2)7-8-20(16)26-22;1-4-24(2)15-8-17-19-12(10-27(17)22(28)14(15)11-32-23(24)29)7-13-16(26-19)9-18-21(20(13)25-3)31-6-5-30-18/h7-10H,6,11-13H2,1-5H3;7-9,25H,4-6,10-11H2,1-3H3. The number of anilines is 1. The molecule has 0 saturated heterocycles. The highest BCUT2D eigenvalue weighted by Crippen LogP contribution is 2.46. The summed E-state index contributed by atoms with van der Waals surface area (Å²) >= 11 is 0. The van der Waals surface area contributed by atoms with Crippen LogP contribution in [-0.2, 0) is 62.7 Å². The third kappa shape index (κ3) is 5.93. The molecule has 324 valence electrons. The lowest BCUT2D eigenvalue weighted by atomic mass is 9.76. The maximum atomic E-state index is 13.4. The molecule has 0 bridgehead atoms. The van der Waals surface area contributed by atoms with E-state index in [1.165, 1.54) is 11.1 Å². The molecule has 2 atom stereocenters. The van der Waals surface area contributed by atoms with E-state index in [0.29, 0.717) is 61.8 Å². The molecular formula is C49H50N6O8. The summed E-state index contributed by atoms with van der Waals surface area (Å²) in [5, 5.41) is 5.27. The normalized spacial score (nSPS) is 19.9. The Morgan fingerprint density at radius 1 is 0.714 bits per heavy atom. The summed E-state index contributed by atoms with van der Waals surface area (Å²) in [6, 6.07) is 14.3. The van der Waals surface area contributed by atoms with Crippen LogP contribution >= 0.6 is 0 Å². The lowest BCUT2D eigenvalue weighted by Crippen LogP contribution is -2.42. The highest BCUT2D eigenvalue weighted by atomic mass is 16.6. The minimum absolute atomic E-state index is 0.0138. The van der Waals surface area contributed by atoms with E-state index in [0.717, 1.165) is 79.1 Å². The Labute approximate surface area is 363 Å². The van der Waals surface area contributed by atoms with Crippen LogP contribution in [0.2, 0.25) is 0 Å². The smallest absolute Gasteiger partial charge is 0.316 e. The van der Waals surface area contributed by atoms with Gasteiger partial charge >= 0.3 is 11.9 Å². The lowest BCUT2D eigenvalue weighted by molar-refractivity contribution is -0.154. The summed E-state index contributed by atoms with van der Waals surface area (Å²) in [4.78, 5) is 64.0. The minimum atomic E-state index is -0.842. The molecule has 0 amide bonds. The molecule has 0 radical (unpaired) electrons. The largest absolute Gasteiger partial charge is 0.486 e. The molecule has 1 N–H and O–H groups in total. The lowest BCUT2D eigenvalue weighted by Gasteiger charge is -2.33. The molecule has 11 rings (SSSR count). The molecule has 4 aromatic heterocycles. The number of nitrogens with one attached hydrogen (secondary N) is 1. The predicted molar refractivity (Wildman–Crippen MR) is 239 cm³/mol. The van der Waals surface area contributed by atoms with Crippen LogP contribution in [-0.4, -0.2) is 70.3 Å². The number of pyridine rings is 4. The average molecular weight is 851 g/mol. The van der Waals surface area contributed by atoms with Crippen LogP contribution < -0.4 is 25.9 Å². The van der Waals surface area contributed by atoms with Crippen LogP contribution in [0.25, 0.3) is 44.6 Å². The molecule has 9 heterocycles. The van der Waals surface area contributed by atoms with Crippen LogP contribution in [0.1, 0.15) is 85.0 Å². The number of benzene rings is 2. The van der Waals surface area contributed by atoms with Crippen molar-refractivity contribution in [2.24, 2.45) is 0 Å². The van der Waals surface area contributed by atoms with E-state index in [9.17, 15) is 19.2 Å². The van der Waals surface area contributed by atoms with Crippen LogP contribution in [0.5, 0.6) is 11.5 Å². The summed E-state index contributed by atoms with van der Waals surface area (Å²) in [5.41, 5.74) is 11.0. The number of rotatable bonds is 5. The topological polar surface area (TPSA) is 156 Å². The molecule has 0 aliphatic carbocycles. The molecule has 0 spiro atoms. The number of aromatic nitrogens is 4. The Morgan fingerprint density at radius 2 is 1.25 bits per heavy atom. The number of carbonyl (C=O) groups is 2. The molecule has 0 saturated carbocycles. The van der Waals surface area contributed by atoms with Gasteiger partial charge in [0.05, 0.1) is 74.5 Å². The first-order valence-corrected chi connectivity index (χ1v) is 21.6. The van der Waals surface area contributed by atoms with E-state index in [1.807, 2.05) is 52.9 Å². The van der Waals surface area contributed by atoms with Crippen molar-refractivity contribution in [2.45, 2.75) is 91.1 Å². The second-order valence-electron chi connectivity index (χ2n) is 17.9. The zero-order valence-electron chi connectivity index (χ0n) is 36.9. The number of hydrogen-bond acceptors (Lipinski definition) is 12. The number of cyclic esters (lactones) is 2. The second kappa shape index (κ2) is 14.5. The Hall–Kier alpha value is -6.54. The van der Waals surface area contributed by atoms with Gasteiger partial charge in [0.15, 0.2) is 11.5 Å². The van der Waals surface area contributed by atoms with Gasteiger partial charge in [0.2, 0.25) is 0 Å². The average Bonchev–Trinajstić information content (AvgIpc) is 3.83. The van der Waals surface area contributed by atoms with E-state index in [1.54, 1.807) is 9.13 Å². The third-order valence-electron chi connectivity index (χ3n) is 14.0. The van der Waals surface area contributed by atoms with Crippen LogP contribution in [0.15, 0.2) is 52.1 Å². The van der Waals surface area contributed by atoms with Crippen LogP contribution in [0.3, 0.4) is 0 Å². The Kier molecular flexibility index (Phi) is 9.34. The fraction of sp³-hybridized carbons (Fsp3) is 0.388. The maximum absolute atomic E-state index is 13.4. The fourth-order valence-corrected chi connectivity index (χ4v) is 9.95. The zero-order valence-corrected chi connectivity index (χ0v) is 36.9. The molecule has 2 unspecified atom stereocenters. The molecular weight excluding hydrogens is 801 g/mol. The maximum Gasteiger partial charge on any atom is 0.316 e. The molecule has 14 nitrogen and oxygen atoms in total. The number of ether oxygens (including phenoxy) is 4. The Bertz CT molecular complexity index is 3130. The molecule has 63 heavy (non-hydrogen) atoms. The fourth-order valence-electron chi connectivity index (χ4n) is 9.95. The van der Waals surface area contributed by atoms with Gasteiger partial charge in [-0.05, 0) is 100 Å². The molecule has 5 aliphatic rings. The van der Waals surface area contributed by atoms with Crippen molar-refractivity contribution in [3.8, 4) is 34.3 Å². The number of hydrogen-bond donors (Lipinski definition) is 1. The first kappa shape index (κ1) is 40.5. The molecule has 6 aromatic rings. The van der Waals surface area contributed by atoms with E-state index < -0.39 is 10.8 Å². The van der Waals surface area contributed by atoms with Crippen molar-refractivity contribution in [1.82, 2.24) is 24.0 Å². The van der Waals surface area contributed by atoms with Gasteiger partial charge in [-0.15, -0.1) is 0 Å². The summed E-state index contributed by atoms with van der Waals surface area (Å²) in [5.74, 6) is 0.789. The van der Waals surface area contributed by atoms with Crippen molar-refractivity contribution in [3.05, 3.63) is 108 Å². The van der Waals surface area contributed by atoms with Crippen LogP contribution in [0.4, 0.5) is 5.69 Å². The molecule has 0 fully saturated rings. The first-order valence-electron chi connectivity index (χ1n) is 21.6. The molecule has 2 aromatic carbocycles. The van der Waals surface area contributed by atoms with Gasteiger partial charge in [-0.1, -0.05) is 19.9 Å². The monoisotopic (exact) mass is 850 g/mol. The van der Waals surface area contributed by atoms with Gasteiger partial charge < -0.3 is 38.3 Å². The number of nitrogens with zero attached hydrogens (tertiary/aromatic N) is 5. The number of aryl methyl sites for hydroxylation is 1. The van der Waals surface area contributed by atoms with Crippen molar-refractivity contribution < 1.29 is 28.5 Å². The summed E-state index contributed by atoms with van der Waals surface area (Å²) in [6.07, 6.45) is 1.13. The van der Waals surface area contributed by atoms with E-state index in [-0.39, 0.29) is 36.3 Å². The Morgan fingerprint density at radius 3 is 1.79 bits per heavy atom. The third-order valence-corrected chi connectivity index (χ3v) is 14.0. The number of esters is 2. The highest BCUT2D eigenvalue weighted by molar-refractivity contribution is 5.99. The van der Waals surface area contributed by atoms with Crippen molar-refractivity contribution in [3.63, 3.8) is 0 Å². The highest BCUT2D eigenvalue weighted by Gasteiger charge is 2.44. The summed E-state index contributed by atoms with van der Waals surface area (Å²) in [7, 11) is 5.97. The second-order valence-corrected chi connectivity index (χ2v) is 17.9. The minimum Gasteiger partial charge on any atom is -0.486 e. The molecule has 14 heteroatoms. The van der Waals surface area contributed by atoms with E-state index in [4.69, 9.17) is 28.9 Å². The Balaban J connectivity index is 0.000000150. The number of carbonyl (C=O) groups excluding carboxylic acids is 2. The number of fused-ring (bicyclic) bond motifs is 11. The van der Waals surface area contributed by atoms with Crippen molar-refractivity contribution in [2.75, 3.05) is 39.7 Å². The van der Waals surface area contributed by atoms with E-state index >= 15 is 0 Å². The van der Waals surface area contributed by atoms with Gasteiger partial charge in [-0.3, -0.25) is 19.2 Å². The van der Waals surface area contributed by atoms with E-state index in [2.05, 4.69) is 55.5 Å². The van der Waals surface area contributed by atoms with Crippen LogP contribution in [0, 0.1) is 6.92 Å². The molecule has 5 aliphatic heterocycles. The summed E-state index contributed by atoms with van der Waals surface area (Å²) in [6.45, 7) is 12.5. The van der Waals surface area contributed by atoms with Gasteiger partial charge in [-0.2, -0.15) is 0 Å². The van der Waals surface area contributed by atoms with Crippen molar-refractivity contribution in [1.29, 1.82) is 0 Å². The SMILES string of the molecule is CCC1(C)C(=O)OCc2c1cc1n(c2=O)Cc2cc3c(CN(C)C)c(C)ccc3nc2-1.CCC1(C)C(=O)OCc2c1cc1n(c2=O)Cc2cc3c(NC)c4c(cc3nc2-1)OCCO4. The van der Waals surface area contributed by atoms with Gasteiger partial charge in [0, 0.05) is 41.6 Å². The van der Waals surface area contributed by atoms with Gasteiger partial charge in [0.25, 0.3) is 11.1 Å².